The van der Waals surface area contributed by atoms with Crippen LogP contribution in [-0.4, -0.2) is 12.1 Å². The van der Waals surface area contributed by atoms with Gasteiger partial charge in [0.05, 0.1) is 0 Å². The Hall–Kier alpha value is -0.790. The van der Waals surface area contributed by atoms with E-state index in [9.17, 15) is 4.79 Å². The number of carbonyl (C=O) groups is 1. The second-order valence-electron chi connectivity index (χ2n) is 8.33. The number of hydrogen-bond donors (Lipinski definition) is 0. The van der Waals surface area contributed by atoms with Crippen LogP contribution in [0.2, 0.25) is 0 Å². The van der Waals surface area contributed by atoms with Gasteiger partial charge in [-0.25, -0.2) is 4.79 Å². The summed E-state index contributed by atoms with van der Waals surface area (Å²) in [5, 5.41) is 0. The van der Waals surface area contributed by atoms with E-state index in [4.69, 9.17) is 4.74 Å². The first-order valence-corrected chi connectivity index (χ1v) is 8.51. The minimum atomic E-state index is -0.147. The Morgan fingerprint density at radius 1 is 1.10 bits per heavy atom. The zero-order valence-electron chi connectivity index (χ0n) is 15.0. The maximum atomic E-state index is 12.1. The van der Waals surface area contributed by atoms with Crippen LogP contribution >= 0.6 is 0 Å². The molecule has 0 aromatic rings. The van der Waals surface area contributed by atoms with E-state index in [2.05, 4.69) is 48.5 Å². The largest absolute Gasteiger partial charge is 0.459 e. The van der Waals surface area contributed by atoms with Crippen molar-refractivity contribution in [3.63, 3.8) is 0 Å². The van der Waals surface area contributed by atoms with Crippen LogP contribution in [0, 0.1) is 23.2 Å². The number of allylic oxidation sites excluding steroid dienone is 1. The van der Waals surface area contributed by atoms with Gasteiger partial charge in [0.25, 0.3) is 0 Å². The Bertz CT molecular complexity index is 354. The summed E-state index contributed by atoms with van der Waals surface area (Å²) in [4.78, 5) is 12.1. The molecule has 1 aliphatic carbocycles. The molecule has 122 valence electrons. The SMILES string of the molecule is CC(C)C(OC(=O)C=C1CCC(C(C)(C)C)CC1)C(C)C. The molecule has 0 unspecified atom stereocenters. The molecule has 0 aliphatic heterocycles. The zero-order valence-corrected chi connectivity index (χ0v) is 15.0. The fourth-order valence-electron chi connectivity index (χ4n) is 3.38. The summed E-state index contributed by atoms with van der Waals surface area (Å²) in [7, 11) is 0. The molecule has 0 aromatic heterocycles. The van der Waals surface area contributed by atoms with Crippen molar-refractivity contribution in [3.05, 3.63) is 11.6 Å². The number of esters is 1. The van der Waals surface area contributed by atoms with Gasteiger partial charge in [0.2, 0.25) is 0 Å². The van der Waals surface area contributed by atoms with Gasteiger partial charge in [-0.1, -0.05) is 54.0 Å². The number of carbonyl (C=O) groups excluding carboxylic acids is 1. The van der Waals surface area contributed by atoms with E-state index in [1.807, 2.05) is 0 Å². The van der Waals surface area contributed by atoms with Crippen LogP contribution in [-0.2, 0) is 9.53 Å². The van der Waals surface area contributed by atoms with E-state index in [1.54, 1.807) is 6.08 Å². The van der Waals surface area contributed by atoms with E-state index >= 15 is 0 Å². The van der Waals surface area contributed by atoms with Crippen LogP contribution in [0.1, 0.15) is 74.1 Å². The summed E-state index contributed by atoms with van der Waals surface area (Å²) in [5.41, 5.74) is 1.65. The molecule has 0 N–H and O–H groups in total. The minimum absolute atomic E-state index is 0.0141. The van der Waals surface area contributed by atoms with Crippen molar-refractivity contribution in [1.29, 1.82) is 0 Å². The molecule has 0 amide bonds. The molecule has 0 spiro atoms. The van der Waals surface area contributed by atoms with E-state index < -0.39 is 0 Å². The van der Waals surface area contributed by atoms with Crippen LogP contribution in [0.5, 0.6) is 0 Å². The molecular weight excluding hydrogens is 260 g/mol. The molecule has 2 heteroatoms. The highest BCUT2D eigenvalue weighted by atomic mass is 16.5. The normalized spacial score (nSPS) is 20.3. The predicted octanol–water partition coefficient (Wildman–Crippen LogP) is 5.37. The Kier molecular flexibility index (Phi) is 6.49. The van der Waals surface area contributed by atoms with Crippen LogP contribution in [0.15, 0.2) is 11.6 Å². The highest BCUT2D eigenvalue weighted by molar-refractivity contribution is 5.83. The predicted molar refractivity (Wildman–Crippen MR) is 89.1 cm³/mol. The van der Waals surface area contributed by atoms with Gasteiger partial charge in [-0.05, 0) is 48.9 Å². The average molecular weight is 294 g/mol. The molecule has 0 aromatic carbocycles. The van der Waals surface area contributed by atoms with Crippen LogP contribution in [0.3, 0.4) is 0 Å². The van der Waals surface area contributed by atoms with Crippen LogP contribution in [0.4, 0.5) is 0 Å². The van der Waals surface area contributed by atoms with Crippen molar-refractivity contribution in [1.82, 2.24) is 0 Å². The van der Waals surface area contributed by atoms with Gasteiger partial charge in [-0.3, -0.25) is 0 Å². The van der Waals surface area contributed by atoms with Crippen molar-refractivity contribution in [2.24, 2.45) is 23.2 Å². The number of ether oxygens (including phenoxy) is 1. The lowest BCUT2D eigenvalue weighted by Crippen LogP contribution is -2.28. The molecule has 1 saturated carbocycles. The van der Waals surface area contributed by atoms with Crippen LogP contribution < -0.4 is 0 Å². The van der Waals surface area contributed by atoms with E-state index in [1.165, 1.54) is 18.4 Å². The van der Waals surface area contributed by atoms with Crippen molar-refractivity contribution < 1.29 is 9.53 Å². The summed E-state index contributed by atoms with van der Waals surface area (Å²) < 4.78 is 5.65. The standard InChI is InChI=1S/C19H34O2/c1-13(2)18(14(3)4)21-17(20)12-15-8-10-16(11-9-15)19(5,6)7/h12-14,16,18H,8-11H2,1-7H3. The van der Waals surface area contributed by atoms with E-state index in [0.29, 0.717) is 17.3 Å². The van der Waals surface area contributed by atoms with Crippen molar-refractivity contribution >= 4 is 5.97 Å². The molecule has 0 saturated heterocycles. The van der Waals surface area contributed by atoms with Gasteiger partial charge in [0, 0.05) is 6.08 Å². The lowest BCUT2D eigenvalue weighted by Gasteiger charge is -2.34. The first-order chi connectivity index (χ1) is 9.61. The van der Waals surface area contributed by atoms with Crippen molar-refractivity contribution in [2.75, 3.05) is 0 Å². The second-order valence-corrected chi connectivity index (χ2v) is 8.33. The van der Waals surface area contributed by atoms with Gasteiger partial charge >= 0.3 is 5.97 Å². The third kappa shape index (κ3) is 5.84. The van der Waals surface area contributed by atoms with Gasteiger partial charge in [-0.15, -0.1) is 0 Å². The molecule has 2 nitrogen and oxygen atoms in total. The maximum Gasteiger partial charge on any atom is 0.330 e. The Morgan fingerprint density at radius 3 is 1.95 bits per heavy atom. The molecule has 1 rings (SSSR count). The molecule has 1 fully saturated rings. The van der Waals surface area contributed by atoms with Crippen molar-refractivity contribution in [3.8, 4) is 0 Å². The fraction of sp³-hybridized carbons (Fsp3) is 0.842. The van der Waals surface area contributed by atoms with Gasteiger partial charge in [0.15, 0.2) is 0 Å². The van der Waals surface area contributed by atoms with Gasteiger partial charge in [0.1, 0.15) is 6.10 Å². The highest BCUT2D eigenvalue weighted by Crippen LogP contribution is 2.39. The zero-order chi connectivity index (χ0) is 16.2. The molecular formula is C19H34O2. The van der Waals surface area contributed by atoms with Gasteiger partial charge in [-0.2, -0.15) is 0 Å². The molecule has 1 aliphatic rings. The number of rotatable bonds is 4. The Balaban J connectivity index is 2.55. The summed E-state index contributed by atoms with van der Waals surface area (Å²) in [5.74, 6) is 1.35. The quantitative estimate of drug-likeness (QED) is 0.514. The summed E-state index contributed by atoms with van der Waals surface area (Å²) in [6.07, 6.45) is 6.26. The minimum Gasteiger partial charge on any atom is -0.459 e. The summed E-state index contributed by atoms with van der Waals surface area (Å²) >= 11 is 0. The molecule has 0 bridgehead atoms. The summed E-state index contributed by atoms with van der Waals surface area (Å²) in [6, 6.07) is 0. The smallest absolute Gasteiger partial charge is 0.330 e. The molecule has 0 radical (unpaired) electrons. The Morgan fingerprint density at radius 2 is 1.57 bits per heavy atom. The first-order valence-electron chi connectivity index (χ1n) is 8.51. The third-order valence-corrected chi connectivity index (χ3v) is 4.74. The average Bonchev–Trinajstić information content (AvgIpc) is 2.34. The lowest BCUT2D eigenvalue weighted by atomic mass is 9.71. The van der Waals surface area contributed by atoms with E-state index in [-0.39, 0.29) is 12.1 Å². The second kappa shape index (κ2) is 7.47. The monoisotopic (exact) mass is 294 g/mol. The van der Waals surface area contributed by atoms with Crippen molar-refractivity contribution in [2.45, 2.75) is 80.3 Å². The molecule has 0 atom stereocenters. The first kappa shape index (κ1) is 18.3. The maximum absolute atomic E-state index is 12.1. The Labute approximate surface area is 131 Å². The topological polar surface area (TPSA) is 26.3 Å². The number of hydrogen-bond acceptors (Lipinski definition) is 2. The van der Waals surface area contributed by atoms with Gasteiger partial charge < -0.3 is 4.74 Å². The fourth-order valence-corrected chi connectivity index (χ4v) is 3.38. The third-order valence-electron chi connectivity index (χ3n) is 4.74. The summed E-state index contributed by atoms with van der Waals surface area (Å²) in [6.45, 7) is 15.4. The molecule has 0 heterocycles. The lowest BCUT2D eigenvalue weighted by molar-refractivity contribution is -0.147. The van der Waals surface area contributed by atoms with Crippen LogP contribution in [0.25, 0.3) is 0 Å². The molecule has 21 heavy (non-hydrogen) atoms. The highest BCUT2D eigenvalue weighted by Gasteiger charge is 2.28. The van der Waals surface area contributed by atoms with E-state index in [0.717, 1.165) is 18.8 Å².